The summed E-state index contributed by atoms with van der Waals surface area (Å²) in [6.45, 7) is 4.00. The Morgan fingerprint density at radius 1 is 1.31 bits per heavy atom. The topological polar surface area (TPSA) is 55.1 Å². The summed E-state index contributed by atoms with van der Waals surface area (Å²) in [6, 6.07) is 9.49. The van der Waals surface area contributed by atoms with E-state index in [1.165, 1.54) is 12.8 Å². The maximum Gasteiger partial charge on any atom is 0.287 e. The minimum absolute atomic E-state index is 0.0228. The molecule has 29 heavy (non-hydrogen) atoms. The molecule has 0 bridgehead atoms. The molecule has 2 aromatic heterocycles. The number of amides is 1. The number of hydrogen-bond acceptors (Lipinski definition) is 5. The molecule has 1 amide bonds. The highest BCUT2D eigenvalue weighted by molar-refractivity contribution is 7.99. The van der Waals surface area contributed by atoms with Crippen LogP contribution < -0.4 is 5.32 Å². The fraction of sp³-hybridized carbons (Fsp3) is 0.455. The van der Waals surface area contributed by atoms with E-state index in [4.69, 9.17) is 21.0 Å². The maximum atomic E-state index is 12.6. The summed E-state index contributed by atoms with van der Waals surface area (Å²) in [5.74, 6) is 2.21. The standard InChI is InChI=1S/C20H17ClN2O2S2.C2H6/c21-12-3-4-13-15(7-12)27-18(22-13)19-9-20(19,10-19)23-17(24)14-5-6-16(25-14)26-8-11-1-2-11;1-2/h3-7,11H,1-2,8-10H2,(H,23,24);1-2H3. The van der Waals surface area contributed by atoms with Crippen LogP contribution in [-0.2, 0) is 5.41 Å². The lowest BCUT2D eigenvalue weighted by Crippen LogP contribution is -2.30. The van der Waals surface area contributed by atoms with Crippen molar-refractivity contribution in [3.63, 3.8) is 0 Å². The third kappa shape index (κ3) is 3.39. The van der Waals surface area contributed by atoms with E-state index in [0.717, 1.165) is 49.9 Å². The second kappa shape index (κ2) is 7.03. The van der Waals surface area contributed by atoms with Crippen molar-refractivity contribution in [1.29, 1.82) is 0 Å². The number of carbonyl (C=O) groups excluding carboxylic acids is 1. The van der Waals surface area contributed by atoms with E-state index in [-0.39, 0.29) is 16.9 Å². The molecule has 0 spiro atoms. The number of furan rings is 1. The molecule has 3 aliphatic rings. The van der Waals surface area contributed by atoms with E-state index in [2.05, 4.69) is 5.32 Å². The van der Waals surface area contributed by atoms with Crippen molar-refractivity contribution in [1.82, 2.24) is 10.3 Å². The normalized spacial score (nSPS) is 26.4. The van der Waals surface area contributed by atoms with Crippen molar-refractivity contribution in [3.05, 3.63) is 46.1 Å². The minimum atomic E-state index is -0.129. The Labute approximate surface area is 183 Å². The summed E-state index contributed by atoms with van der Waals surface area (Å²) in [6.07, 6.45) is 4.57. The fourth-order valence-electron chi connectivity index (χ4n) is 3.84. The Bertz CT molecular complexity index is 1080. The Hall–Kier alpha value is -1.50. The van der Waals surface area contributed by atoms with Gasteiger partial charge in [0.05, 0.1) is 15.8 Å². The van der Waals surface area contributed by atoms with E-state index < -0.39 is 0 Å². The number of thiazole rings is 1. The molecular weight excluding hydrogens is 424 g/mol. The Morgan fingerprint density at radius 2 is 2.10 bits per heavy atom. The van der Waals surface area contributed by atoms with Crippen molar-refractivity contribution in [2.24, 2.45) is 5.92 Å². The van der Waals surface area contributed by atoms with Crippen LogP contribution in [0.4, 0.5) is 0 Å². The SMILES string of the molecule is CC.O=C(NC12CC1(c1nc3ccc(Cl)cc3s1)C2)c1ccc(SCC2CC2)o1. The molecule has 4 nitrogen and oxygen atoms in total. The highest BCUT2D eigenvalue weighted by atomic mass is 35.5. The van der Waals surface area contributed by atoms with Crippen molar-refractivity contribution in [3.8, 4) is 0 Å². The van der Waals surface area contributed by atoms with Gasteiger partial charge in [0.2, 0.25) is 0 Å². The van der Waals surface area contributed by atoms with Crippen LogP contribution in [0.3, 0.4) is 0 Å². The van der Waals surface area contributed by atoms with Gasteiger partial charge in [-0.2, -0.15) is 0 Å². The van der Waals surface area contributed by atoms with Crippen molar-refractivity contribution < 1.29 is 9.21 Å². The number of aromatic nitrogens is 1. The predicted octanol–water partition coefficient (Wildman–Crippen LogP) is 6.29. The molecule has 7 heteroatoms. The van der Waals surface area contributed by atoms with Gasteiger partial charge in [-0.25, -0.2) is 4.98 Å². The Balaban J connectivity index is 0.000000882. The number of benzene rings is 1. The molecule has 6 rings (SSSR count). The largest absolute Gasteiger partial charge is 0.445 e. The third-order valence-corrected chi connectivity index (χ3v) is 8.55. The van der Waals surface area contributed by atoms with Crippen molar-refractivity contribution >= 4 is 50.8 Å². The number of fused-ring (bicyclic) bond motifs is 2. The second-order valence-corrected chi connectivity index (χ2v) is 10.5. The zero-order valence-corrected chi connectivity index (χ0v) is 18.8. The van der Waals surface area contributed by atoms with Gasteiger partial charge in [0.1, 0.15) is 5.01 Å². The first-order chi connectivity index (χ1) is 14.1. The molecule has 152 valence electrons. The molecule has 0 unspecified atom stereocenters. The summed E-state index contributed by atoms with van der Waals surface area (Å²) in [4.78, 5) is 17.4. The van der Waals surface area contributed by atoms with Crippen LogP contribution in [0.2, 0.25) is 5.02 Å². The lowest BCUT2D eigenvalue weighted by Gasteiger charge is -2.04. The first-order valence-corrected chi connectivity index (χ1v) is 12.4. The van der Waals surface area contributed by atoms with Gasteiger partial charge in [-0.3, -0.25) is 4.79 Å². The average molecular weight is 447 g/mol. The van der Waals surface area contributed by atoms with Crippen LogP contribution in [0.15, 0.2) is 39.8 Å². The van der Waals surface area contributed by atoms with Crippen LogP contribution in [-0.4, -0.2) is 22.2 Å². The molecule has 0 aliphatic heterocycles. The summed E-state index contributed by atoms with van der Waals surface area (Å²) >= 11 is 9.48. The number of hydrogen-bond donors (Lipinski definition) is 1. The third-order valence-electron chi connectivity index (χ3n) is 5.95. The highest BCUT2D eigenvalue weighted by Crippen LogP contribution is 2.79. The zero-order valence-electron chi connectivity index (χ0n) is 16.5. The summed E-state index contributed by atoms with van der Waals surface area (Å²) in [5, 5.41) is 5.89. The molecule has 3 saturated carbocycles. The molecule has 3 fully saturated rings. The number of carbonyl (C=O) groups is 1. The first kappa shape index (κ1) is 19.5. The quantitative estimate of drug-likeness (QED) is 0.452. The molecular formula is C22H23ClN2O2S2. The second-order valence-electron chi connectivity index (χ2n) is 7.98. The summed E-state index contributed by atoms with van der Waals surface area (Å²) in [7, 11) is 0. The number of thioether (sulfide) groups is 1. The zero-order chi connectivity index (χ0) is 20.2. The Kier molecular flexibility index (Phi) is 4.72. The van der Waals surface area contributed by atoms with Gasteiger partial charge in [-0.05, 0) is 61.9 Å². The molecule has 1 N–H and O–H groups in total. The van der Waals surface area contributed by atoms with Crippen LogP contribution in [0.25, 0.3) is 10.2 Å². The maximum absolute atomic E-state index is 12.6. The van der Waals surface area contributed by atoms with Crippen LogP contribution >= 0.6 is 34.7 Å². The molecule has 3 aliphatic carbocycles. The molecule has 0 radical (unpaired) electrons. The van der Waals surface area contributed by atoms with E-state index in [9.17, 15) is 4.79 Å². The first-order valence-electron chi connectivity index (χ1n) is 10.2. The monoisotopic (exact) mass is 446 g/mol. The number of rotatable bonds is 6. The van der Waals surface area contributed by atoms with Gasteiger partial charge in [-0.15, -0.1) is 11.3 Å². The van der Waals surface area contributed by atoms with Gasteiger partial charge < -0.3 is 9.73 Å². The van der Waals surface area contributed by atoms with Crippen LogP contribution in [0, 0.1) is 5.92 Å². The fourth-order valence-corrected chi connectivity index (χ4v) is 6.42. The number of halogens is 1. The highest BCUT2D eigenvalue weighted by Gasteiger charge is 2.86. The minimum Gasteiger partial charge on any atom is -0.445 e. The van der Waals surface area contributed by atoms with E-state index in [0.29, 0.717) is 5.76 Å². The molecule has 1 aromatic carbocycles. The molecule has 0 saturated heterocycles. The summed E-state index contributed by atoms with van der Waals surface area (Å²) in [5.41, 5.74) is 0.876. The van der Waals surface area contributed by atoms with Crippen molar-refractivity contribution in [2.45, 2.75) is 55.6 Å². The smallest absolute Gasteiger partial charge is 0.287 e. The predicted molar refractivity (Wildman–Crippen MR) is 119 cm³/mol. The summed E-state index contributed by atoms with van der Waals surface area (Å²) < 4.78 is 6.84. The molecule has 3 aromatic rings. The van der Waals surface area contributed by atoms with Crippen molar-refractivity contribution in [2.75, 3.05) is 5.75 Å². The average Bonchev–Trinajstić information content (AvgIpc) is 3.63. The number of nitrogens with zero attached hydrogens (tertiary/aromatic N) is 1. The van der Waals surface area contributed by atoms with Crippen LogP contribution in [0.5, 0.6) is 0 Å². The van der Waals surface area contributed by atoms with Gasteiger partial charge >= 0.3 is 0 Å². The lowest BCUT2D eigenvalue weighted by atomic mass is 10.2. The van der Waals surface area contributed by atoms with Crippen LogP contribution in [0.1, 0.15) is 55.1 Å². The lowest BCUT2D eigenvalue weighted by molar-refractivity contribution is 0.0909. The van der Waals surface area contributed by atoms with Gasteiger partial charge in [-0.1, -0.05) is 37.2 Å². The van der Waals surface area contributed by atoms with Gasteiger partial charge in [0, 0.05) is 16.2 Å². The van der Waals surface area contributed by atoms with Gasteiger partial charge in [0.15, 0.2) is 10.9 Å². The van der Waals surface area contributed by atoms with Gasteiger partial charge in [0.25, 0.3) is 5.91 Å². The molecule has 0 atom stereocenters. The van der Waals surface area contributed by atoms with E-state index in [1.54, 1.807) is 29.2 Å². The van der Waals surface area contributed by atoms with E-state index >= 15 is 0 Å². The van der Waals surface area contributed by atoms with E-state index in [1.807, 2.05) is 38.1 Å². The molecule has 2 heterocycles. The Morgan fingerprint density at radius 3 is 2.86 bits per heavy atom. The number of nitrogens with one attached hydrogen (secondary N) is 1.